The number of hydrogen-bond acceptors (Lipinski definition) is 4. The van der Waals surface area contributed by atoms with Crippen molar-refractivity contribution in [3.63, 3.8) is 0 Å². The molecule has 1 aliphatic rings. The van der Waals surface area contributed by atoms with Crippen LogP contribution in [0, 0.1) is 0 Å². The van der Waals surface area contributed by atoms with Crippen LogP contribution in [-0.2, 0) is 10.0 Å². The Morgan fingerprint density at radius 1 is 1.10 bits per heavy atom. The molecule has 3 N–H and O–H groups in total. The van der Waals surface area contributed by atoms with E-state index in [1.165, 1.54) is 12.1 Å². The monoisotopic (exact) mass is 410 g/mol. The number of aromatic nitrogens is 2. The van der Waals surface area contributed by atoms with Gasteiger partial charge in [-0.3, -0.25) is 9.79 Å². The number of amides is 1. The minimum absolute atomic E-state index is 0.0885. The molecule has 0 unspecified atom stereocenters. The smallest absolute Gasteiger partial charge is 0.322 e. The zero-order valence-electron chi connectivity index (χ0n) is 15.5. The van der Waals surface area contributed by atoms with Gasteiger partial charge in [0, 0.05) is 23.6 Å². The second-order valence-electron chi connectivity index (χ2n) is 6.59. The molecule has 0 saturated carbocycles. The fourth-order valence-electron chi connectivity index (χ4n) is 3.03. The van der Waals surface area contributed by atoms with E-state index in [9.17, 15) is 13.2 Å². The van der Waals surface area contributed by atoms with Crippen LogP contribution in [-0.4, -0.2) is 36.5 Å². The molecule has 0 radical (unpaired) electrons. The van der Waals surface area contributed by atoms with Gasteiger partial charge in [0.25, 0.3) is 11.7 Å². The summed E-state index contributed by atoms with van der Waals surface area (Å²) in [6.07, 6.45) is 5.06. The van der Waals surface area contributed by atoms with Crippen molar-refractivity contribution in [2.75, 3.05) is 11.9 Å². The van der Waals surface area contributed by atoms with E-state index in [0.717, 1.165) is 18.7 Å². The number of carbonyl (C=O) groups excluding carboxylic acids is 1. The Bertz CT molecular complexity index is 1150. The molecular weight excluding hydrogens is 390 g/mol. The summed E-state index contributed by atoms with van der Waals surface area (Å²) < 4.78 is 29.4. The molecule has 0 aliphatic carbocycles. The first-order chi connectivity index (χ1) is 14.0. The molecule has 0 atom stereocenters. The van der Waals surface area contributed by atoms with Crippen molar-refractivity contribution in [1.82, 2.24) is 14.5 Å². The fraction of sp³-hybridized carbons (Fsp3) is 0.150. The number of sulfonamides is 1. The minimum atomic E-state index is -3.71. The summed E-state index contributed by atoms with van der Waals surface area (Å²) in [5.41, 5.74) is 1.69. The number of amidine groups is 1. The van der Waals surface area contributed by atoms with E-state index in [-0.39, 0.29) is 10.8 Å². The van der Waals surface area contributed by atoms with Crippen molar-refractivity contribution in [2.24, 2.45) is 0 Å². The van der Waals surface area contributed by atoms with Crippen molar-refractivity contribution in [1.29, 1.82) is 0 Å². The summed E-state index contributed by atoms with van der Waals surface area (Å²) in [7, 11) is -3.71. The zero-order chi connectivity index (χ0) is 20.3. The van der Waals surface area contributed by atoms with Gasteiger partial charge in [-0.15, -0.1) is 0 Å². The van der Waals surface area contributed by atoms with Gasteiger partial charge >= 0.3 is 10.0 Å². The van der Waals surface area contributed by atoms with Gasteiger partial charge in [0.05, 0.1) is 18.7 Å². The maximum Gasteiger partial charge on any atom is 0.328 e. The predicted molar refractivity (Wildman–Crippen MR) is 108 cm³/mol. The number of rotatable bonds is 5. The molecule has 1 aliphatic heterocycles. The van der Waals surface area contributed by atoms with Gasteiger partial charge in [0.15, 0.2) is 0 Å². The van der Waals surface area contributed by atoms with Crippen LogP contribution in [0.1, 0.15) is 23.2 Å². The van der Waals surface area contributed by atoms with Crippen LogP contribution < -0.4 is 15.0 Å². The Hall–Kier alpha value is -3.46. The maximum absolute atomic E-state index is 12.6. The van der Waals surface area contributed by atoms with E-state index >= 15 is 0 Å². The standard InChI is InChI=1S/C20H19N5O3S/c26-20(15-7-9-17(10-8-15)25-13-3-12-22-25)23-16-4-1-5-18(14-16)29(27,28)24-19-6-2-11-21-19/h1,3-5,7-10,12-14H,2,6,11H2,(H,21,24)(H,23,26)/p+1. The quantitative estimate of drug-likeness (QED) is 0.575. The Labute approximate surface area is 168 Å². The third kappa shape index (κ3) is 4.35. The molecule has 1 amide bonds. The number of carbonyl (C=O) groups is 1. The SMILES string of the molecule is O=C(Nc1cccc(S(=O)(=O)NC2=[NH+]CCC2)c1)c1ccc(-n2cccn2)cc1. The second kappa shape index (κ2) is 7.88. The van der Waals surface area contributed by atoms with Crippen molar-refractivity contribution < 1.29 is 18.2 Å². The Kier molecular flexibility index (Phi) is 5.13. The third-order valence-corrected chi connectivity index (χ3v) is 5.89. The molecule has 2 aromatic carbocycles. The number of benzene rings is 2. The molecule has 0 bridgehead atoms. The second-order valence-corrected chi connectivity index (χ2v) is 8.28. The summed E-state index contributed by atoms with van der Waals surface area (Å²) in [5.74, 6) is 0.267. The van der Waals surface area contributed by atoms with E-state index in [4.69, 9.17) is 0 Å². The highest BCUT2D eigenvalue weighted by Gasteiger charge is 2.24. The first-order valence-electron chi connectivity index (χ1n) is 9.15. The van der Waals surface area contributed by atoms with Crippen LogP contribution in [0.4, 0.5) is 5.69 Å². The molecule has 0 spiro atoms. The predicted octanol–water partition coefficient (Wildman–Crippen LogP) is 0.676. The van der Waals surface area contributed by atoms with Crippen molar-refractivity contribution >= 4 is 27.5 Å². The third-order valence-electron chi connectivity index (χ3n) is 4.50. The molecule has 3 aromatic rings. The molecule has 4 rings (SSSR count). The molecule has 2 heterocycles. The van der Waals surface area contributed by atoms with Gasteiger partial charge in [0.2, 0.25) is 0 Å². The highest BCUT2D eigenvalue weighted by molar-refractivity contribution is 7.90. The normalized spacial score (nSPS) is 13.7. The van der Waals surface area contributed by atoms with E-state index in [2.05, 4.69) is 20.1 Å². The van der Waals surface area contributed by atoms with Crippen molar-refractivity contribution in [3.05, 3.63) is 72.6 Å². The molecule has 29 heavy (non-hydrogen) atoms. The summed E-state index contributed by atoms with van der Waals surface area (Å²) in [6, 6.07) is 15.0. The number of hydrogen-bond donors (Lipinski definition) is 3. The number of anilines is 1. The maximum atomic E-state index is 12.6. The average Bonchev–Trinajstić information content (AvgIpc) is 3.42. The lowest BCUT2D eigenvalue weighted by Crippen LogP contribution is -2.72. The molecule has 9 heteroatoms. The van der Waals surface area contributed by atoms with Gasteiger partial charge in [-0.1, -0.05) is 6.07 Å². The van der Waals surface area contributed by atoms with E-state index < -0.39 is 10.0 Å². The van der Waals surface area contributed by atoms with Crippen LogP contribution in [0.2, 0.25) is 0 Å². The largest absolute Gasteiger partial charge is 0.328 e. The highest BCUT2D eigenvalue weighted by atomic mass is 32.2. The lowest BCUT2D eigenvalue weighted by molar-refractivity contribution is -0.448. The number of nitrogens with zero attached hydrogens (tertiary/aromatic N) is 2. The first-order valence-corrected chi connectivity index (χ1v) is 10.6. The average molecular weight is 410 g/mol. The summed E-state index contributed by atoms with van der Waals surface area (Å²) >= 11 is 0. The Morgan fingerprint density at radius 3 is 2.62 bits per heavy atom. The minimum Gasteiger partial charge on any atom is -0.322 e. The van der Waals surface area contributed by atoms with Gasteiger partial charge < -0.3 is 5.32 Å². The molecule has 0 fully saturated rings. The Balaban J connectivity index is 1.48. The molecule has 0 saturated heterocycles. The molecule has 148 valence electrons. The van der Waals surface area contributed by atoms with Crippen LogP contribution in [0.3, 0.4) is 0 Å². The lowest BCUT2D eigenvalue weighted by atomic mass is 10.2. The summed E-state index contributed by atoms with van der Waals surface area (Å²) in [6.45, 7) is 0.757. The highest BCUT2D eigenvalue weighted by Crippen LogP contribution is 2.17. The van der Waals surface area contributed by atoms with E-state index in [1.807, 2.05) is 12.3 Å². The van der Waals surface area contributed by atoms with Crippen LogP contribution in [0.15, 0.2) is 71.9 Å². The van der Waals surface area contributed by atoms with Gasteiger partial charge in [-0.05, 0) is 55.0 Å². The zero-order valence-corrected chi connectivity index (χ0v) is 16.3. The van der Waals surface area contributed by atoms with E-state index in [1.54, 1.807) is 47.3 Å². The molecular formula is C20H20N5O3S+. The van der Waals surface area contributed by atoms with Crippen molar-refractivity contribution in [3.8, 4) is 5.69 Å². The summed E-state index contributed by atoms with van der Waals surface area (Å²) in [5, 5.41) is 6.89. The molecule has 8 nitrogen and oxygen atoms in total. The van der Waals surface area contributed by atoms with Crippen LogP contribution in [0.25, 0.3) is 5.69 Å². The van der Waals surface area contributed by atoms with E-state index in [0.29, 0.717) is 23.5 Å². The fourth-order valence-corrected chi connectivity index (χ4v) is 4.19. The van der Waals surface area contributed by atoms with Gasteiger partial charge in [-0.2, -0.15) is 18.2 Å². The summed E-state index contributed by atoms with van der Waals surface area (Å²) in [4.78, 5) is 15.6. The number of nitrogens with one attached hydrogen (secondary N) is 3. The van der Waals surface area contributed by atoms with Crippen molar-refractivity contribution in [2.45, 2.75) is 17.7 Å². The Morgan fingerprint density at radius 2 is 1.93 bits per heavy atom. The van der Waals surface area contributed by atoms with Crippen LogP contribution >= 0.6 is 0 Å². The van der Waals surface area contributed by atoms with Gasteiger partial charge in [-0.25, -0.2) is 4.68 Å². The lowest BCUT2D eigenvalue weighted by Gasteiger charge is -2.08. The first kappa shape index (κ1) is 18.9. The van der Waals surface area contributed by atoms with Gasteiger partial charge in [0.1, 0.15) is 4.90 Å². The van der Waals surface area contributed by atoms with Crippen LogP contribution in [0.5, 0.6) is 0 Å². The topological polar surface area (TPSA) is 107 Å². The molecule has 1 aromatic heterocycles.